The van der Waals surface area contributed by atoms with Gasteiger partial charge in [0.2, 0.25) is 5.78 Å². The molecule has 6 nitrogen and oxygen atoms in total. The van der Waals surface area contributed by atoms with Crippen LogP contribution in [0.2, 0.25) is 0 Å². The van der Waals surface area contributed by atoms with Crippen LogP contribution in [0.1, 0.15) is 72.1 Å². The minimum atomic E-state index is -1.56. The van der Waals surface area contributed by atoms with E-state index in [0.29, 0.717) is 18.8 Å². The lowest BCUT2D eigenvalue weighted by molar-refractivity contribution is -0.203. The Balaban J connectivity index is 1.62. The number of ketones is 1. The molecular weight excluding hydrogens is 372 g/mol. The summed E-state index contributed by atoms with van der Waals surface area (Å²) in [5, 5.41) is 33.0. The van der Waals surface area contributed by atoms with Gasteiger partial charge >= 0.3 is 5.97 Å². The molecule has 9 atom stereocenters. The van der Waals surface area contributed by atoms with Crippen molar-refractivity contribution in [3.8, 4) is 0 Å². The molecule has 4 aliphatic rings. The third kappa shape index (κ3) is 3.01. The fraction of sp³-hybridized carbons (Fsp3) is 0.913. The van der Waals surface area contributed by atoms with E-state index in [9.17, 15) is 24.9 Å². The Morgan fingerprint density at radius 2 is 1.79 bits per heavy atom. The lowest BCUT2D eigenvalue weighted by atomic mass is 9.43. The molecule has 0 amide bonds. The molecule has 0 heterocycles. The van der Waals surface area contributed by atoms with Crippen molar-refractivity contribution in [1.82, 2.24) is 0 Å². The molecule has 0 aliphatic heterocycles. The molecular formula is C23H36O6. The molecule has 4 saturated carbocycles. The topological polar surface area (TPSA) is 104 Å². The molecule has 0 spiro atoms. The summed E-state index contributed by atoms with van der Waals surface area (Å²) in [7, 11) is 0. The van der Waals surface area contributed by atoms with Crippen LogP contribution in [0.5, 0.6) is 0 Å². The van der Waals surface area contributed by atoms with Gasteiger partial charge in [-0.25, -0.2) is 0 Å². The summed E-state index contributed by atoms with van der Waals surface area (Å²) in [5.41, 5.74) is -2.26. The van der Waals surface area contributed by atoms with Gasteiger partial charge in [0.15, 0.2) is 6.61 Å². The number of hydrogen-bond donors (Lipinski definition) is 3. The Kier molecular flexibility index (Phi) is 5.15. The molecule has 6 heteroatoms. The van der Waals surface area contributed by atoms with Crippen LogP contribution in [0.25, 0.3) is 0 Å². The summed E-state index contributed by atoms with van der Waals surface area (Å²) in [6.07, 6.45) is 5.26. The van der Waals surface area contributed by atoms with Crippen LogP contribution in [-0.4, -0.2) is 51.5 Å². The third-order valence-electron chi connectivity index (χ3n) is 9.59. The number of ether oxygens (including phenoxy) is 1. The Hall–Kier alpha value is -0.980. The van der Waals surface area contributed by atoms with Crippen LogP contribution >= 0.6 is 0 Å². The zero-order chi connectivity index (χ0) is 21.2. The minimum absolute atomic E-state index is 0.00531. The first kappa shape index (κ1) is 21.3. The van der Waals surface area contributed by atoms with E-state index in [0.717, 1.165) is 38.5 Å². The van der Waals surface area contributed by atoms with Crippen molar-refractivity contribution in [2.75, 3.05) is 6.61 Å². The van der Waals surface area contributed by atoms with Gasteiger partial charge in [-0.1, -0.05) is 13.8 Å². The average molecular weight is 409 g/mol. The molecule has 4 rings (SSSR count). The quantitative estimate of drug-likeness (QED) is 0.619. The lowest BCUT2D eigenvalue weighted by Gasteiger charge is -2.62. The SMILES string of the molecule is CC(=O)OCC(=O)C1(O)CCC2C3CCC4CC(O)CCC4(C)C3C(O)CC21C. The molecule has 164 valence electrons. The van der Waals surface area contributed by atoms with Crippen molar-refractivity contribution >= 4 is 11.8 Å². The van der Waals surface area contributed by atoms with E-state index < -0.39 is 35.5 Å². The first-order valence-electron chi connectivity index (χ1n) is 11.3. The number of hydrogen-bond acceptors (Lipinski definition) is 6. The molecule has 9 unspecified atom stereocenters. The van der Waals surface area contributed by atoms with E-state index in [4.69, 9.17) is 4.74 Å². The zero-order valence-electron chi connectivity index (χ0n) is 17.9. The highest BCUT2D eigenvalue weighted by Crippen LogP contribution is 2.68. The van der Waals surface area contributed by atoms with Crippen molar-refractivity contribution in [3.63, 3.8) is 0 Å². The fourth-order valence-corrected chi connectivity index (χ4v) is 8.11. The van der Waals surface area contributed by atoms with Gasteiger partial charge in [0.1, 0.15) is 5.60 Å². The minimum Gasteiger partial charge on any atom is -0.458 e. The number of fused-ring (bicyclic) bond motifs is 5. The third-order valence-corrected chi connectivity index (χ3v) is 9.59. The molecule has 0 aromatic rings. The Labute approximate surface area is 173 Å². The van der Waals surface area contributed by atoms with E-state index in [-0.39, 0.29) is 29.3 Å². The molecule has 0 aromatic heterocycles. The van der Waals surface area contributed by atoms with Crippen LogP contribution in [0, 0.1) is 34.5 Å². The number of Topliss-reactive ketones (excluding diaryl/α,β-unsaturated/α-hetero) is 1. The summed E-state index contributed by atoms with van der Waals surface area (Å²) in [5.74, 6) is 0.0536. The Morgan fingerprint density at radius 1 is 1.07 bits per heavy atom. The van der Waals surface area contributed by atoms with E-state index in [1.54, 1.807) is 0 Å². The molecule has 0 saturated heterocycles. The average Bonchev–Trinajstić information content (AvgIpc) is 2.91. The highest BCUT2D eigenvalue weighted by atomic mass is 16.5. The maximum Gasteiger partial charge on any atom is 0.303 e. The number of carbonyl (C=O) groups is 2. The smallest absolute Gasteiger partial charge is 0.303 e. The number of carbonyl (C=O) groups excluding carboxylic acids is 2. The van der Waals surface area contributed by atoms with Crippen molar-refractivity contribution in [3.05, 3.63) is 0 Å². The van der Waals surface area contributed by atoms with E-state index in [1.807, 2.05) is 6.92 Å². The van der Waals surface area contributed by atoms with Gasteiger partial charge in [0.05, 0.1) is 12.2 Å². The summed E-state index contributed by atoms with van der Waals surface area (Å²) >= 11 is 0. The van der Waals surface area contributed by atoms with Gasteiger partial charge < -0.3 is 20.1 Å². The van der Waals surface area contributed by atoms with Crippen molar-refractivity contribution in [1.29, 1.82) is 0 Å². The second-order valence-corrected chi connectivity index (χ2v) is 10.8. The summed E-state index contributed by atoms with van der Waals surface area (Å²) < 4.78 is 4.90. The highest BCUT2D eigenvalue weighted by Gasteiger charge is 2.68. The van der Waals surface area contributed by atoms with Crippen molar-refractivity contribution < 1.29 is 29.6 Å². The van der Waals surface area contributed by atoms with Crippen LogP contribution < -0.4 is 0 Å². The molecule has 3 N–H and O–H groups in total. The van der Waals surface area contributed by atoms with Gasteiger partial charge in [-0.15, -0.1) is 0 Å². The maximum atomic E-state index is 12.9. The molecule has 0 aromatic carbocycles. The first-order chi connectivity index (χ1) is 13.5. The van der Waals surface area contributed by atoms with Gasteiger partial charge in [-0.05, 0) is 80.5 Å². The summed E-state index contributed by atoms with van der Waals surface area (Å²) in [6.45, 7) is 5.09. The van der Waals surface area contributed by atoms with Crippen LogP contribution in [0.15, 0.2) is 0 Å². The van der Waals surface area contributed by atoms with E-state index in [2.05, 4.69) is 6.92 Å². The Morgan fingerprint density at radius 3 is 2.48 bits per heavy atom. The van der Waals surface area contributed by atoms with E-state index in [1.165, 1.54) is 6.92 Å². The summed E-state index contributed by atoms with van der Waals surface area (Å²) in [4.78, 5) is 24.0. The predicted molar refractivity (Wildman–Crippen MR) is 106 cm³/mol. The molecule has 0 radical (unpaired) electrons. The number of rotatable bonds is 3. The molecule has 4 fully saturated rings. The van der Waals surface area contributed by atoms with Gasteiger partial charge in [-0.3, -0.25) is 9.59 Å². The highest BCUT2D eigenvalue weighted by molar-refractivity contribution is 5.90. The van der Waals surface area contributed by atoms with Crippen molar-refractivity contribution in [2.45, 2.75) is 89.9 Å². The molecule has 29 heavy (non-hydrogen) atoms. The molecule has 4 aliphatic carbocycles. The van der Waals surface area contributed by atoms with E-state index >= 15 is 0 Å². The summed E-state index contributed by atoms with van der Waals surface area (Å²) in [6, 6.07) is 0. The monoisotopic (exact) mass is 408 g/mol. The second kappa shape index (κ2) is 7.03. The molecule has 0 bridgehead atoms. The van der Waals surface area contributed by atoms with Crippen molar-refractivity contribution in [2.24, 2.45) is 34.5 Å². The van der Waals surface area contributed by atoms with Crippen LogP contribution in [-0.2, 0) is 14.3 Å². The largest absolute Gasteiger partial charge is 0.458 e. The van der Waals surface area contributed by atoms with Gasteiger partial charge in [0, 0.05) is 12.3 Å². The normalized spacial score (nSPS) is 51.5. The fourth-order valence-electron chi connectivity index (χ4n) is 8.11. The second-order valence-electron chi connectivity index (χ2n) is 10.8. The number of aliphatic hydroxyl groups excluding tert-OH is 2. The van der Waals surface area contributed by atoms with Gasteiger partial charge in [-0.2, -0.15) is 0 Å². The zero-order valence-corrected chi connectivity index (χ0v) is 17.9. The van der Waals surface area contributed by atoms with Gasteiger partial charge in [0.25, 0.3) is 0 Å². The number of aliphatic hydroxyl groups is 3. The Bertz CT molecular complexity index is 693. The maximum absolute atomic E-state index is 12.9. The number of esters is 1. The standard InChI is InChI=1S/C23H36O6/c1-13(24)29-12-19(27)23(28)9-7-17-16-5-4-14-10-15(25)6-8-21(14,2)20(16)18(26)11-22(17,23)3/h14-18,20,25-26,28H,4-12H2,1-3H3. The first-order valence-corrected chi connectivity index (χ1v) is 11.3. The lowest BCUT2D eigenvalue weighted by Crippen LogP contribution is -2.63. The van der Waals surface area contributed by atoms with Crippen LogP contribution in [0.3, 0.4) is 0 Å². The predicted octanol–water partition coefficient (Wildman–Crippen LogP) is 2.22. The van der Waals surface area contributed by atoms with Crippen LogP contribution in [0.4, 0.5) is 0 Å².